The van der Waals surface area contributed by atoms with Crippen LogP contribution in [0.2, 0.25) is 0 Å². The van der Waals surface area contributed by atoms with Crippen LogP contribution < -0.4 is 9.80 Å². The first-order valence-electron chi connectivity index (χ1n) is 12.6. The maximum atomic E-state index is 13.3. The number of fused-ring (bicyclic) bond motifs is 2. The zero-order chi connectivity index (χ0) is 30.8. The highest BCUT2D eigenvalue weighted by Gasteiger charge is 2.38. The molecule has 0 saturated heterocycles. The third-order valence-corrected chi connectivity index (χ3v) is 9.01. The van der Waals surface area contributed by atoms with Crippen LogP contribution in [0, 0.1) is 0 Å². The van der Waals surface area contributed by atoms with Crippen LogP contribution >= 0.6 is 0 Å². The van der Waals surface area contributed by atoms with Gasteiger partial charge in [-0.2, -0.15) is 0 Å². The summed E-state index contributed by atoms with van der Waals surface area (Å²) in [7, 11) is -4.10. The maximum absolute atomic E-state index is 13.3. The van der Waals surface area contributed by atoms with E-state index in [-0.39, 0.29) is 54.5 Å². The summed E-state index contributed by atoms with van der Waals surface area (Å²) in [5.41, 5.74) is 0.379. The molecule has 216 valence electrons. The third-order valence-electron chi connectivity index (χ3n) is 7.23. The summed E-state index contributed by atoms with van der Waals surface area (Å²) in [5, 5.41) is 37.6. The molecule has 4 N–H and O–H groups in total. The number of benzene rings is 4. The smallest absolute Gasteiger partial charge is 0.266 e. The first-order chi connectivity index (χ1) is 20.4. The zero-order valence-electron chi connectivity index (χ0n) is 21.8. The lowest BCUT2D eigenvalue weighted by atomic mass is 10.1. The lowest BCUT2D eigenvalue weighted by Gasteiger charge is -2.15. The van der Waals surface area contributed by atoms with Crippen molar-refractivity contribution in [3.63, 3.8) is 0 Å². The van der Waals surface area contributed by atoms with E-state index in [1.54, 1.807) is 0 Å². The number of amides is 4. The predicted octanol–water partition coefficient (Wildman–Crippen LogP) is 2.09. The summed E-state index contributed by atoms with van der Waals surface area (Å²) in [6, 6.07) is 17.7. The normalized spacial score (nSPS) is 14.7. The maximum Gasteiger partial charge on any atom is 0.266 e. The molecule has 2 aliphatic rings. The second-order valence-electron chi connectivity index (χ2n) is 9.74. The van der Waals surface area contributed by atoms with Gasteiger partial charge in [0.15, 0.2) is 12.6 Å². The summed E-state index contributed by atoms with van der Waals surface area (Å²) >= 11 is 0. The Kier molecular flexibility index (Phi) is 6.56. The number of rotatable bonds is 6. The standard InChI is InChI=1S/C30H20N2O10S/c33-25-21-11-1-15(29(37)38)13-23(21)27(35)31(25)17-3-7-19(8-4-17)43(41,42)20-9-5-18(6-10-20)32-26(34)22-12-2-16(30(39)40)14-24(22)28(32)36/h1-14,29-30,37-40H. The van der Waals surface area contributed by atoms with E-state index in [4.69, 9.17) is 0 Å². The van der Waals surface area contributed by atoms with Crippen molar-refractivity contribution in [1.29, 1.82) is 0 Å². The fourth-order valence-corrected chi connectivity index (χ4v) is 6.25. The molecule has 0 atom stereocenters. The fourth-order valence-electron chi connectivity index (χ4n) is 4.99. The van der Waals surface area contributed by atoms with Crippen LogP contribution in [0.3, 0.4) is 0 Å². The van der Waals surface area contributed by atoms with Crippen molar-refractivity contribution >= 4 is 44.8 Å². The monoisotopic (exact) mass is 600 g/mol. The molecular formula is C30H20N2O10S. The topological polar surface area (TPSA) is 190 Å². The molecule has 4 amide bonds. The number of anilines is 2. The summed E-state index contributed by atoms with van der Waals surface area (Å²) in [4.78, 5) is 53.1. The van der Waals surface area contributed by atoms with Crippen molar-refractivity contribution in [2.75, 3.05) is 9.80 Å². The van der Waals surface area contributed by atoms with Crippen molar-refractivity contribution in [1.82, 2.24) is 0 Å². The van der Waals surface area contributed by atoms with Crippen LogP contribution in [0.5, 0.6) is 0 Å². The number of carbonyl (C=O) groups excluding carboxylic acids is 4. The molecule has 4 aromatic rings. The Hall–Kier alpha value is -5.05. The van der Waals surface area contributed by atoms with Crippen LogP contribution in [-0.2, 0) is 9.84 Å². The average molecular weight is 601 g/mol. The van der Waals surface area contributed by atoms with Gasteiger partial charge >= 0.3 is 0 Å². The van der Waals surface area contributed by atoms with Gasteiger partial charge in [-0.15, -0.1) is 0 Å². The minimum Gasteiger partial charge on any atom is -0.364 e. The highest BCUT2D eigenvalue weighted by molar-refractivity contribution is 7.91. The first kappa shape index (κ1) is 28.1. The molecule has 0 aromatic heterocycles. The molecule has 2 heterocycles. The number of sulfone groups is 1. The van der Waals surface area contributed by atoms with Crippen LogP contribution in [0.15, 0.2) is 94.7 Å². The van der Waals surface area contributed by atoms with E-state index in [0.29, 0.717) is 0 Å². The molecule has 0 fully saturated rings. The second-order valence-corrected chi connectivity index (χ2v) is 11.7. The second kappa shape index (κ2) is 10.0. The fraction of sp³-hybridized carbons (Fsp3) is 0.0667. The van der Waals surface area contributed by atoms with Crippen LogP contribution in [0.1, 0.15) is 65.1 Å². The SMILES string of the molecule is O=C1c2ccc(C(O)O)cc2C(=O)N1c1ccc(S(=O)(=O)c2ccc(N3C(=O)c4ccc(C(O)O)cc4C3=O)cc2)cc1. The minimum absolute atomic E-state index is 0.0168. The lowest BCUT2D eigenvalue weighted by molar-refractivity contribution is -0.0431. The summed E-state index contributed by atoms with van der Waals surface area (Å²) in [5.74, 6) is -2.71. The Morgan fingerprint density at radius 3 is 1.12 bits per heavy atom. The molecule has 0 saturated carbocycles. The van der Waals surface area contributed by atoms with Gasteiger partial charge in [0, 0.05) is 11.1 Å². The van der Waals surface area contributed by atoms with Gasteiger partial charge in [-0.25, -0.2) is 18.2 Å². The quantitative estimate of drug-likeness (QED) is 0.188. The molecule has 0 radical (unpaired) electrons. The van der Waals surface area contributed by atoms with Gasteiger partial charge in [0.2, 0.25) is 9.84 Å². The Morgan fingerprint density at radius 2 is 0.791 bits per heavy atom. The molecule has 4 aromatic carbocycles. The predicted molar refractivity (Wildman–Crippen MR) is 148 cm³/mol. The molecule has 13 heteroatoms. The molecule has 0 unspecified atom stereocenters. The van der Waals surface area contributed by atoms with E-state index >= 15 is 0 Å². The Bertz CT molecular complexity index is 1830. The van der Waals surface area contributed by atoms with E-state index in [0.717, 1.165) is 9.80 Å². The summed E-state index contributed by atoms with van der Waals surface area (Å²) in [6.45, 7) is 0. The molecule has 6 rings (SSSR count). The Morgan fingerprint density at radius 1 is 0.465 bits per heavy atom. The van der Waals surface area contributed by atoms with Crippen molar-refractivity contribution in [3.05, 3.63) is 118 Å². The van der Waals surface area contributed by atoms with E-state index in [9.17, 15) is 48.0 Å². The first-order valence-corrected chi connectivity index (χ1v) is 14.1. The number of hydrogen-bond donors (Lipinski definition) is 4. The number of hydrogen-bond acceptors (Lipinski definition) is 10. The van der Waals surface area contributed by atoms with Gasteiger partial charge in [0.1, 0.15) is 0 Å². The largest absolute Gasteiger partial charge is 0.364 e. The van der Waals surface area contributed by atoms with Gasteiger partial charge in [-0.1, -0.05) is 12.1 Å². The highest BCUT2D eigenvalue weighted by atomic mass is 32.2. The highest BCUT2D eigenvalue weighted by Crippen LogP contribution is 2.34. The number of nitrogens with zero attached hydrogens (tertiary/aromatic N) is 2. The van der Waals surface area contributed by atoms with E-state index < -0.39 is 46.0 Å². The molecular weight excluding hydrogens is 580 g/mol. The number of aliphatic hydroxyl groups is 4. The van der Waals surface area contributed by atoms with Gasteiger partial charge in [0.25, 0.3) is 23.6 Å². The van der Waals surface area contributed by atoms with Crippen molar-refractivity contribution in [2.45, 2.75) is 22.4 Å². The van der Waals surface area contributed by atoms with Crippen LogP contribution in [-0.4, -0.2) is 52.5 Å². The molecule has 0 spiro atoms. The van der Waals surface area contributed by atoms with Crippen LogP contribution in [0.4, 0.5) is 11.4 Å². The number of carbonyl (C=O) groups is 4. The van der Waals surface area contributed by atoms with Crippen molar-refractivity contribution in [3.8, 4) is 0 Å². The zero-order valence-corrected chi connectivity index (χ0v) is 22.6. The Labute approximate surface area is 243 Å². The van der Waals surface area contributed by atoms with E-state index in [1.807, 2.05) is 0 Å². The van der Waals surface area contributed by atoms with E-state index in [2.05, 4.69) is 0 Å². The van der Waals surface area contributed by atoms with E-state index in [1.165, 1.54) is 84.9 Å². The molecule has 0 bridgehead atoms. The lowest BCUT2D eigenvalue weighted by Crippen LogP contribution is -2.29. The van der Waals surface area contributed by atoms with Crippen molar-refractivity contribution < 1.29 is 48.0 Å². The molecule has 2 aliphatic heterocycles. The van der Waals surface area contributed by atoms with Gasteiger partial charge < -0.3 is 20.4 Å². The molecule has 43 heavy (non-hydrogen) atoms. The third kappa shape index (κ3) is 4.43. The number of aliphatic hydroxyl groups excluding tert-OH is 2. The van der Waals surface area contributed by atoms with Gasteiger partial charge in [0.05, 0.1) is 43.4 Å². The summed E-state index contributed by atoms with van der Waals surface area (Å²) in [6.07, 6.45) is -3.66. The molecule has 12 nitrogen and oxygen atoms in total. The van der Waals surface area contributed by atoms with Crippen LogP contribution in [0.25, 0.3) is 0 Å². The average Bonchev–Trinajstić information content (AvgIpc) is 3.40. The summed E-state index contributed by atoms with van der Waals surface area (Å²) < 4.78 is 26.7. The van der Waals surface area contributed by atoms with Crippen molar-refractivity contribution in [2.24, 2.45) is 0 Å². The van der Waals surface area contributed by atoms with Gasteiger partial charge in [-0.3, -0.25) is 19.2 Å². The minimum atomic E-state index is -4.10. The molecule has 0 aliphatic carbocycles. The number of imide groups is 2. The Balaban J connectivity index is 1.24. The van der Waals surface area contributed by atoms with Gasteiger partial charge in [-0.05, 0) is 72.8 Å².